The van der Waals surface area contributed by atoms with Crippen LogP contribution in [0.15, 0.2) is 42.5 Å². The number of hydrogen-bond acceptors (Lipinski definition) is 5. The lowest BCUT2D eigenvalue weighted by atomic mass is 9.96. The molecule has 0 fully saturated rings. The molecule has 0 bridgehead atoms. The van der Waals surface area contributed by atoms with Gasteiger partial charge in [0, 0.05) is 5.02 Å². The van der Waals surface area contributed by atoms with Crippen LogP contribution in [0.4, 0.5) is 5.69 Å². The third kappa shape index (κ3) is 5.62. The van der Waals surface area contributed by atoms with Crippen molar-refractivity contribution in [1.29, 1.82) is 0 Å². The van der Waals surface area contributed by atoms with Crippen molar-refractivity contribution < 1.29 is 22.7 Å². The second kappa shape index (κ2) is 9.36. The van der Waals surface area contributed by atoms with Crippen LogP contribution in [-0.4, -0.2) is 40.3 Å². The Hall–Kier alpha value is -2.45. The number of halogens is 1. The number of benzene rings is 2. The fourth-order valence-electron chi connectivity index (χ4n) is 3.53. The van der Waals surface area contributed by atoms with Crippen molar-refractivity contribution in [2.75, 3.05) is 24.2 Å². The zero-order chi connectivity index (χ0) is 22.8. The van der Waals surface area contributed by atoms with E-state index in [-0.39, 0.29) is 18.5 Å². The van der Waals surface area contributed by atoms with Gasteiger partial charge in [0.1, 0.15) is 11.5 Å². The van der Waals surface area contributed by atoms with Gasteiger partial charge < -0.3 is 14.8 Å². The molecule has 0 saturated carbocycles. The first-order valence-corrected chi connectivity index (χ1v) is 12.2. The van der Waals surface area contributed by atoms with Gasteiger partial charge >= 0.3 is 0 Å². The topological polar surface area (TPSA) is 84.9 Å². The van der Waals surface area contributed by atoms with E-state index in [9.17, 15) is 13.2 Å². The highest BCUT2D eigenvalue weighted by atomic mass is 35.5. The maximum Gasteiger partial charge on any atom is 0.263 e. The van der Waals surface area contributed by atoms with Crippen LogP contribution in [0.2, 0.25) is 5.02 Å². The van der Waals surface area contributed by atoms with Crippen LogP contribution >= 0.6 is 11.6 Å². The van der Waals surface area contributed by atoms with Gasteiger partial charge in [0.15, 0.2) is 6.10 Å². The molecule has 7 nitrogen and oxygen atoms in total. The molecule has 1 heterocycles. The van der Waals surface area contributed by atoms with Crippen LogP contribution in [0.3, 0.4) is 0 Å². The Labute approximate surface area is 188 Å². The van der Waals surface area contributed by atoms with Gasteiger partial charge in [-0.15, -0.1) is 0 Å². The summed E-state index contributed by atoms with van der Waals surface area (Å²) >= 11 is 6.03. The second-order valence-electron chi connectivity index (χ2n) is 7.98. The van der Waals surface area contributed by atoms with Crippen molar-refractivity contribution in [1.82, 2.24) is 5.32 Å². The van der Waals surface area contributed by atoms with Crippen LogP contribution in [0.1, 0.15) is 31.9 Å². The maximum atomic E-state index is 13.1. The number of nitrogens with zero attached hydrogens (tertiary/aromatic N) is 1. The van der Waals surface area contributed by atoms with Crippen LogP contribution in [-0.2, 0) is 14.8 Å². The minimum Gasteiger partial charge on any atom is -0.497 e. The zero-order valence-electron chi connectivity index (χ0n) is 18.0. The zero-order valence-corrected chi connectivity index (χ0v) is 19.5. The van der Waals surface area contributed by atoms with E-state index in [4.69, 9.17) is 21.1 Å². The lowest BCUT2D eigenvalue weighted by Gasteiger charge is -2.35. The number of fused-ring (bicyclic) bond motifs is 1. The van der Waals surface area contributed by atoms with Gasteiger partial charge in [-0.2, -0.15) is 0 Å². The Morgan fingerprint density at radius 2 is 1.94 bits per heavy atom. The summed E-state index contributed by atoms with van der Waals surface area (Å²) in [5.74, 6) is 0.977. The highest BCUT2D eigenvalue weighted by Gasteiger charge is 2.36. The number of hydrogen-bond donors (Lipinski definition) is 1. The Morgan fingerprint density at radius 1 is 1.26 bits per heavy atom. The number of methoxy groups -OCH3 is 1. The van der Waals surface area contributed by atoms with Crippen molar-refractivity contribution in [2.24, 2.45) is 5.92 Å². The normalized spacial score (nSPS) is 17.0. The molecular weight excluding hydrogens is 440 g/mol. The molecule has 2 atom stereocenters. The molecule has 0 aromatic heterocycles. The standard InChI is InChI=1S/C22H27ClN2O5S/c1-14(2)11-18(15-5-8-17(29-3)9-6-15)24-22(26)21-13-25(31(4,27)28)19-12-16(23)7-10-20(19)30-21/h5-10,12,14,18,21H,11,13H2,1-4H3,(H,24,26). The van der Waals surface area contributed by atoms with E-state index in [1.165, 1.54) is 6.07 Å². The minimum absolute atomic E-state index is 0.130. The maximum absolute atomic E-state index is 13.1. The number of anilines is 1. The summed E-state index contributed by atoms with van der Waals surface area (Å²) in [6, 6.07) is 12.0. The number of amides is 1. The summed E-state index contributed by atoms with van der Waals surface area (Å²) in [5.41, 5.74) is 1.26. The van der Waals surface area contributed by atoms with Crippen molar-refractivity contribution >= 4 is 33.2 Å². The molecule has 2 aromatic carbocycles. The predicted molar refractivity (Wildman–Crippen MR) is 121 cm³/mol. The van der Waals surface area contributed by atoms with E-state index < -0.39 is 16.1 Å². The van der Waals surface area contributed by atoms with Gasteiger partial charge in [-0.05, 0) is 48.2 Å². The molecule has 168 valence electrons. The summed E-state index contributed by atoms with van der Waals surface area (Å²) < 4.78 is 37.0. The first-order valence-electron chi connectivity index (χ1n) is 9.96. The fourth-order valence-corrected chi connectivity index (χ4v) is 4.60. The third-order valence-electron chi connectivity index (χ3n) is 5.03. The van der Waals surface area contributed by atoms with Crippen LogP contribution in [0.5, 0.6) is 11.5 Å². The van der Waals surface area contributed by atoms with Crippen molar-refractivity contribution in [3.63, 3.8) is 0 Å². The summed E-state index contributed by atoms with van der Waals surface area (Å²) in [7, 11) is -2.03. The van der Waals surface area contributed by atoms with Crippen molar-refractivity contribution in [3.05, 3.63) is 53.1 Å². The SMILES string of the molecule is COc1ccc(C(CC(C)C)NC(=O)C2CN(S(C)(=O)=O)c3cc(Cl)ccc3O2)cc1. The second-order valence-corrected chi connectivity index (χ2v) is 10.3. The molecule has 0 saturated heterocycles. The number of carbonyl (C=O) groups is 1. The molecule has 1 N–H and O–H groups in total. The lowest BCUT2D eigenvalue weighted by molar-refractivity contribution is -0.128. The average molecular weight is 467 g/mol. The van der Waals surface area contributed by atoms with Crippen LogP contribution in [0.25, 0.3) is 0 Å². The van der Waals surface area contributed by atoms with E-state index in [1.807, 2.05) is 24.3 Å². The lowest BCUT2D eigenvalue weighted by Crippen LogP contribution is -2.51. The highest BCUT2D eigenvalue weighted by Crippen LogP contribution is 2.37. The molecule has 1 aliphatic rings. The van der Waals surface area contributed by atoms with Gasteiger partial charge in [-0.1, -0.05) is 37.6 Å². The quantitative estimate of drug-likeness (QED) is 0.671. The predicted octanol–water partition coefficient (Wildman–Crippen LogP) is 3.78. The molecule has 1 aliphatic heterocycles. The minimum atomic E-state index is -3.63. The number of rotatable bonds is 7. The number of sulfonamides is 1. The molecule has 31 heavy (non-hydrogen) atoms. The first kappa shape index (κ1) is 23.2. The van der Waals surface area contributed by atoms with Gasteiger partial charge in [-0.3, -0.25) is 9.10 Å². The van der Waals surface area contributed by atoms with E-state index >= 15 is 0 Å². The number of nitrogens with one attached hydrogen (secondary N) is 1. The smallest absolute Gasteiger partial charge is 0.263 e. The monoisotopic (exact) mass is 466 g/mol. The van der Waals surface area contributed by atoms with E-state index in [0.29, 0.717) is 28.8 Å². The fraction of sp³-hybridized carbons (Fsp3) is 0.409. The van der Waals surface area contributed by atoms with Crippen LogP contribution in [0, 0.1) is 5.92 Å². The molecule has 2 aromatic rings. The summed E-state index contributed by atoms with van der Waals surface area (Å²) in [5, 5.41) is 3.42. The van der Waals surface area contributed by atoms with Crippen molar-refractivity contribution in [2.45, 2.75) is 32.4 Å². The van der Waals surface area contributed by atoms with Crippen molar-refractivity contribution in [3.8, 4) is 11.5 Å². The van der Waals surface area contributed by atoms with E-state index in [0.717, 1.165) is 21.9 Å². The van der Waals surface area contributed by atoms with Gasteiger partial charge in [0.05, 0.1) is 31.6 Å². The molecule has 3 rings (SSSR count). The Morgan fingerprint density at radius 3 is 2.52 bits per heavy atom. The number of ether oxygens (including phenoxy) is 2. The molecule has 0 radical (unpaired) electrons. The molecule has 1 amide bonds. The summed E-state index contributed by atoms with van der Waals surface area (Å²) in [6.45, 7) is 4.02. The molecular formula is C22H27ClN2O5S. The summed E-state index contributed by atoms with van der Waals surface area (Å²) in [4.78, 5) is 13.1. The van der Waals surface area contributed by atoms with Crippen LogP contribution < -0.4 is 19.1 Å². The van der Waals surface area contributed by atoms with Gasteiger partial charge in [0.2, 0.25) is 10.0 Å². The Balaban J connectivity index is 1.85. The largest absolute Gasteiger partial charge is 0.497 e. The van der Waals surface area contributed by atoms with E-state index in [1.54, 1.807) is 19.2 Å². The summed E-state index contributed by atoms with van der Waals surface area (Å²) in [6.07, 6.45) is 0.820. The van der Waals surface area contributed by atoms with Gasteiger partial charge in [0.25, 0.3) is 5.91 Å². The molecule has 0 aliphatic carbocycles. The van der Waals surface area contributed by atoms with Gasteiger partial charge in [-0.25, -0.2) is 8.42 Å². The average Bonchev–Trinajstić information content (AvgIpc) is 2.71. The Bertz CT molecular complexity index is 1040. The molecule has 2 unspecified atom stereocenters. The number of carbonyl (C=O) groups excluding carboxylic acids is 1. The highest BCUT2D eigenvalue weighted by molar-refractivity contribution is 7.92. The molecule has 0 spiro atoms. The van der Waals surface area contributed by atoms with E-state index in [2.05, 4.69) is 19.2 Å². The Kier molecular flexibility index (Phi) is 7.01. The first-order chi connectivity index (χ1) is 14.6. The third-order valence-corrected chi connectivity index (χ3v) is 6.41. The molecule has 9 heteroatoms.